The maximum atomic E-state index is 12.3. The summed E-state index contributed by atoms with van der Waals surface area (Å²) < 4.78 is 12.3. The van der Waals surface area contributed by atoms with Crippen molar-refractivity contribution in [1.82, 2.24) is 5.32 Å². The standard InChI is InChI=1S/C17H26Cl2NO3P/c18-16-7-6-14(8-17(16)19)9-20-10-15(21)12-24(22,23)11-13-4-2-1-3-5-13/h6-8,13,15,20-21H,1-5,9-12H2,(H,22,23)/t15-/m1/s1. The largest absolute Gasteiger partial charge is 0.391 e. The number of aliphatic hydroxyl groups is 1. The van der Waals surface area contributed by atoms with Crippen LogP contribution in [0, 0.1) is 5.92 Å². The summed E-state index contributed by atoms with van der Waals surface area (Å²) in [6.07, 6.45) is 5.08. The molecule has 0 aliphatic heterocycles. The van der Waals surface area contributed by atoms with Gasteiger partial charge in [-0.1, -0.05) is 48.5 Å². The lowest BCUT2D eigenvalue weighted by Gasteiger charge is -2.25. The summed E-state index contributed by atoms with van der Waals surface area (Å²) in [6.45, 7) is 0.793. The Kier molecular flexibility index (Phi) is 8.06. The Morgan fingerprint density at radius 3 is 2.58 bits per heavy atom. The first-order valence-electron chi connectivity index (χ1n) is 8.49. The molecule has 0 saturated heterocycles. The third-order valence-electron chi connectivity index (χ3n) is 4.46. The van der Waals surface area contributed by atoms with E-state index in [1.165, 1.54) is 6.42 Å². The molecule has 0 bridgehead atoms. The van der Waals surface area contributed by atoms with Crippen molar-refractivity contribution >= 4 is 30.6 Å². The summed E-state index contributed by atoms with van der Waals surface area (Å²) in [5.41, 5.74) is 0.950. The fourth-order valence-electron chi connectivity index (χ4n) is 3.27. The summed E-state index contributed by atoms with van der Waals surface area (Å²) in [5, 5.41) is 14.1. The number of benzene rings is 1. The molecule has 0 amide bonds. The smallest absolute Gasteiger partial charge is 0.203 e. The first-order valence-corrected chi connectivity index (χ1v) is 11.3. The van der Waals surface area contributed by atoms with Gasteiger partial charge in [0, 0.05) is 19.3 Å². The van der Waals surface area contributed by atoms with Gasteiger partial charge in [-0.3, -0.25) is 4.57 Å². The van der Waals surface area contributed by atoms with Crippen molar-refractivity contribution in [2.75, 3.05) is 18.9 Å². The average Bonchev–Trinajstić information content (AvgIpc) is 2.50. The molecular formula is C17H26Cl2NO3P. The van der Waals surface area contributed by atoms with E-state index in [4.69, 9.17) is 23.2 Å². The minimum absolute atomic E-state index is 0.0438. The normalized spacial score (nSPS) is 19.8. The first kappa shape index (κ1) is 20.2. The number of nitrogens with one attached hydrogen (secondary N) is 1. The lowest BCUT2D eigenvalue weighted by atomic mass is 9.91. The van der Waals surface area contributed by atoms with Crippen molar-refractivity contribution in [1.29, 1.82) is 0 Å². The van der Waals surface area contributed by atoms with Gasteiger partial charge in [-0.15, -0.1) is 0 Å². The molecule has 136 valence electrons. The molecular weight excluding hydrogens is 368 g/mol. The van der Waals surface area contributed by atoms with Crippen LogP contribution in [0.4, 0.5) is 0 Å². The van der Waals surface area contributed by atoms with Crippen molar-refractivity contribution in [3.8, 4) is 0 Å². The maximum Gasteiger partial charge on any atom is 0.203 e. The number of rotatable bonds is 8. The molecule has 0 heterocycles. The molecule has 1 aromatic rings. The molecule has 1 fully saturated rings. The molecule has 0 spiro atoms. The highest BCUT2D eigenvalue weighted by molar-refractivity contribution is 7.58. The summed E-state index contributed by atoms with van der Waals surface area (Å²) in [4.78, 5) is 10.2. The average molecular weight is 394 g/mol. The van der Waals surface area contributed by atoms with Gasteiger partial charge in [0.25, 0.3) is 0 Å². The Bertz CT molecular complexity index is 579. The van der Waals surface area contributed by atoms with E-state index >= 15 is 0 Å². The van der Waals surface area contributed by atoms with Crippen LogP contribution in [0.5, 0.6) is 0 Å². The van der Waals surface area contributed by atoms with Crippen molar-refractivity contribution in [3.63, 3.8) is 0 Å². The topological polar surface area (TPSA) is 69.6 Å². The zero-order valence-corrected chi connectivity index (χ0v) is 16.2. The fraction of sp³-hybridized carbons (Fsp3) is 0.647. The highest BCUT2D eigenvalue weighted by Gasteiger charge is 2.27. The Hall–Kier alpha value is -0.0900. The molecule has 1 saturated carbocycles. The molecule has 1 unspecified atom stereocenters. The molecule has 0 radical (unpaired) electrons. The van der Waals surface area contributed by atoms with Crippen LogP contribution >= 0.6 is 30.6 Å². The molecule has 0 aromatic heterocycles. The third kappa shape index (κ3) is 7.03. The third-order valence-corrected chi connectivity index (χ3v) is 7.28. The van der Waals surface area contributed by atoms with Gasteiger partial charge in [0.15, 0.2) is 0 Å². The second-order valence-corrected chi connectivity index (χ2v) is 9.99. The van der Waals surface area contributed by atoms with E-state index in [0.717, 1.165) is 31.2 Å². The Labute approximate surface area is 154 Å². The second-order valence-electron chi connectivity index (χ2n) is 6.75. The van der Waals surface area contributed by atoms with E-state index in [2.05, 4.69) is 5.32 Å². The summed E-state index contributed by atoms with van der Waals surface area (Å²) in [7, 11) is -3.27. The van der Waals surface area contributed by atoms with Crippen LogP contribution in [-0.2, 0) is 11.1 Å². The SMILES string of the molecule is O=P(O)(CC1CCCCC1)C[C@H](O)CNCc1ccc(Cl)c(Cl)c1. The zero-order chi connectivity index (χ0) is 17.6. The highest BCUT2D eigenvalue weighted by atomic mass is 35.5. The first-order chi connectivity index (χ1) is 11.4. The van der Waals surface area contributed by atoms with Crippen LogP contribution in [0.3, 0.4) is 0 Å². The van der Waals surface area contributed by atoms with E-state index in [9.17, 15) is 14.6 Å². The van der Waals surface area contributed by atoms with Crippen LogP contribution in [0.15, 0.2) is 18.2 Å². The van der Waals surface area contributed by atoms with Gasteiger partial charge in [0.2, 0.25) is 7.37 Å². The van der Waals surface area contributed by atoms with Gasteiger partial charge in [-0.05, 0) is 36.5 Å². The molecule has 24 heavy (non-hydrogen) atoms. The zero-order valence-electron chi connectivity index (χ0n) is 13.8. The second kappa shape index (κ2) is 9.56. The molecule has 1 aliphatic carbocycles. The van der Waals surface area contributed by atoms with E-state index in [0.29, 0.717) is 28.7 Å². The Morgan fingerprint density at radius 1 is 1.21 bits per heavy atom. The van der Waals surface area contributed by atoms with E-state index < -0.39 is 13.5 Å². The summed E-state index contributed by atoms with van der Waals surface area (Å²) >= 11 is 11.8. The van der Waals surface area contributed by atoms with Crippen LogP contribution in [0.1, 0.15) is 37.7 Å². The monoisotopic (exact) mass is 393 g/mol. The number of aliphatic hydroxyl groups excluding tert-OH is 1. The fourth-order valence-corrected chi connectivity index (χ4v) is 5.70. The van der Waals surface area contributed by atoms with Crippen LogP contribution in [0.2, 0.25) is 10.0 Å². The van der Waals surface area contributed by atoms with Crippen molar-refractivity contribution in [2.24, 2.45) is 5.92 Å². The van der Waals surface area contributed by atoms with Gasteiger partial charge in [-0.25, -0.2) is 0 Å². The van der Waals surface area contributed by atoms with Gasteiger partial charge in [0.05, 0.1) is 22.3 Å². The van der Waals surface area contributed by atoms with Crippen LogP contribution < -0.4 is 5.32 Å². The summed E-state index contributed by atoms with van der Waals surface area (Å²) in [5.74, 6) is 0.339. The van der Waals surface area contributed by atoms with Gasteiger partial charge < -0.3 is 15.3 Å². The van der Waals surface area contributed by atoms with Gasteiger partial charge in [-0.2, -0.15) is 0 Å². The van der Waals surface area contributed by atoms with Gasteiger partial charge in [0.1, 0.15) is 0 Å². The van der Waals surface area contributed by atoms with Crippen molar-refractivity contribution in [2.45, 2.75) is 44.8 Å². The molecule has 3 N–H and O–H groups in total. The van der Waals surface area contributed by atoms with Crippen molar-refractivity contribution < 1.29 is 14.6 Å². The molecule has 7 heteroatoms. The summed E-state index contributed by atoms with van der Waals surface area (Å²) in [6, 6.07) is 5.35. The minimum Gasteiger partial charge on any atom is -0.391 e. The van der Waals surface area contributed by atoms with Crippen LogP contribution in [-0.4, -0.2) is 35.0 Å². The molecule has 1 aliphatic rings. The minimum atomic E-state index is -3.27. The molecule has 2 rings (SSSR count). The van der Waals surface area contributed by atoms with Crippen LogP contribution in [0.25, 0.3) is 0 Å². The Balaban J connectivity index is 1.72. The lowest BCUT2D eigenvalue weighted by Crippen LogP contribution is -2.30. The quantitative estimate of drug-likeness (QED) is 0.576. The van der Waals surface area contributed by atoms with E-state index in [-0.39, 0.29) is 12.7 Å². The van der Waals surface area contributed by atoms with E-state index in [1.54, 1.807) is 12.1 Å². The predicted molar refractivity (Wildman–Crippen MR) is 100 cm³/mol. The molecule has 4 nitrogen and oxygen atoms in total. The maximum absolute atomic E-state index is 12.3. The number of hydrogen-bond donors (Lipinski definition) is 3. The molecule has 1 aromatic carbocycles. The lowest BCUT2D eigenvalue weighted by molar-refractivity contribution is 0.189. The van der Waals surface area contributed by atoms with Gasteiger partial charge >= 0.3 is 0 Å². The van der Waals surface area contributed by atoms with Crippen molar-refractivity contribution in [3.05, 3.63) is 33.8 Å². The number of hydrogen-bond acceptors (Lipinski definition) is 3. The highest BCUT2D eigenvalue weighted by Crippen LogP contribution is 2.45. The molecule has 2 atom stereocenters. The number of halogens is 2. The van der Waals surface area contributed by atoms with E-state index in [1.807, 2.05) is 6.07 Å². The Morgan fingerprint density at radius 2 is 1.92 bits per heavy atom. The predicted octanol–water partition coefficient (Wildman–Crippen LogP) is 4.29.